The molecule has 5 nitrogen and oxygen atoms in total. The molecule has 0 amide bonds. The molecule has 1 aromatic rings. The molecule has 1 aromatic carbocycles. The number of carbonyl (C=O) groups excluding carboxylic acids is 1. The second-order valence-corrected chi connectivity index (χ2v) is 9.96. The molecule has 0 spiro atoms. The molecule has 23 heavy (non-hydrogen) atoms. The highest BCUT2D eigenvalue weighted by atomic mass is 127. The summed E-state index contributed by atoms with van der Waals surface area (Å²) < 4.78 is 32.8. The summed E-state index contributed by atoms with van der Waals surface area (Å²) in [4.78, 5) is 12.6. The molecule has 1 saturated heterocycles. The lowest BCUT2D eigenvalue weighted by Gasteiger charge is -2.39. The predicted molar refractivity (Wildman–Crippen MR) is 97.1 cm³/mol. The van der Waals surface area contributed by atoms with Crippen LogP contribution >= 0.6 is 22.6 Å². The van der Waals surface area contributed by atoms with Crippen LogP contribution in [-0.2, 0) is 19.6 Å². The molecule has 0 aliphatic carbocycles. The summed E-state index contributed by atoms with van der Waals surface area (Å²) >= 11 is 2.22. The lowest BCUT2D eigenvalue weighted by Crippen LogP contribution is -2.57. The molecule has 0 N–H and O–H groups in total. The molecule has 0 aromatic heterocycles. The molecule has 2 rings (SSSR count). The fourth-order valence-corrected chi connectivity index (χ4v) is 6.66. The number of ether oxygens (including phenoxy) is 1. The van der Waals surface area contributed by atoms with Gasteiger partial charge in [0, 0.05) is 9.46 Å². The number of halogens is 1. The van der Waals surface area contributed by atoms with E-state index in [1.165, 1.54) is 11.4 Å². The number of aryl methyl sites for hydroxylation is 1. The minimum absolute atomic E-state index is 0.00979. The Morgan fingerprint density at radius 3 is 2.26 bits per heavy atom. The van der Waals surface area contributed by atoms with Gasteiger partial charge in [0.05, 0.1) is 12.0 Å². The zero-order chi connectivity index (χ0) is 17.6. The molecule has 1 heterocycles. The van der Waals surface area contributed by atoms with E-state index in [2.05, 4.69) is 22.6 Å². The molecule has 128 valence electrons. The SMILES string of the molecule is COC(=O)[C@@]1(C)C[C@@H](I)C(C)(C)N1S(=O)(=O)c1ccc(C)cc1. The van der Waals surface area contributed by atoms with Crippen molar-refractivity contribution >= 4 is 38.6 Å². The van der Waals surface area contributed by atoms with Crippen molar-refractivity contribution in [3.8, 4) is 0 Å². The summed E-state index contributed by atoms with van der Waals surface area (Å²) in [6.45, 7) is 7.24. The number of sulfonamides is 1. The molecular formula is C16H22INO4S. The smallest absolute Gasteiger partial charge is 0.327 e. The van der Waals surface area contributed by atoms with Crippen LogP contribution in [0.5, 0.6) is 0 Å². The van der Waals surface area contributed by atoms with Gasteiger partial charge in [-0.2, -0.15) is 4.31 Å². The van der Waals surface area contributed by atoms with Crippen LogP contribution in [0, 0.1) is 6.92 Å². The first kappa shape index (κ1) is 18.7. The Hall–Kier alpha value is -0.670. The Morgan fingerprint density at radius 2 is 1.78 bits per heavy atom. The van der Waals surface area contributed by atoms with Crippen LogP contribution in [0.4, 0.5) is 0 Å². The largest absolute Gasteiger partial charge is 0.468 e. The zero-order valence-electron chi connectivity index (χ0n) is 14.0. The Kier molecular flexibility index (Phi) is 4.87. The number of rotatable bonds is 3. The number of hydrogen-bond donors (Lipinski definition) is 0. The highest BCUT2D eigenvalue weighted by molar-refractivity contribution is 14.1. The van der Waals surface area contributed by atoms with Crippen LogP contribution in [0.1, 0.15) is 32.8 Å². The third-order valence-corrected chi connectivity index (χ3v) is 8.69. The van der Waals surface area contributed by atoms with E-state index in [4.69, 9.17) is 4.74 Å². The van der Waals surface area contributed by atoms with E-state index in [1.807, 2.05) is 20.8 Å². The van der Waals surface area contributed by atoms with Gasteiger partial charge in [-0.05, 0) is 46.2 Å². The monoisotopic (exact) mass is 451 g/mol. The fourth-order valence-electron chi connectivity index (χ4n) is 3.22. The lowest BCUT2D eigenvalue weighted by atomic mass is 9.99. The summed E-state index contributed by atoms with van der Waals surface area (Å²) in [6, 6.07) is 6.68. The topological polar surface area (TPSA) is 63.7 Å². The van der Waals surface area contributed by atoms with Gasteiger partial charge in [0.15, 0.2) is 0 Å². The number of esters is 1. The number of methoxy groups -OCH3 is 1. The molecular weight excluding hydrogens is 429 g/mol. The first-order valence-corrected chi connectivity index (χ1v) is 10.0. The number of alkyl halides is 1. The predicted octanol–water partition coefficient (Wildman–Crippen LogP) is 2.90. The molecule has 1 fully saturated rings. The fraction of sp³-hybridized carbons (Fsp3) is 0.562. The molecule has 0 unspecified atom stereocenters. The van der Waals surface area contributed by atoms with Crippen LogP contribution in [0.15, 0.2) is 29.2 Å². The Bertz CT molecular complexity index is 714. The van der Waals surface area contributed by atoms with Crippen molar-refractivity contribution in [1.29, 1.82) is 0 Å². The van der Waals surface area contributed by atoms with Gasteiger partial charge in [-0.3, -0.25) is 4.79 Å². The number of hydrogen-bond acceptors (Lipinski definition) is 4. The van der Waals surface area contributed by atoms with Gasteiger partial charge in [0.25, 0.3) is 0 Å². The van der Waals surface area contributed by atoms with E-state index < -0.39 is 27.1 Å². The van der Waals surface area contributed by atoms with E-state index in [0.29, 0.717) is 6.42 Å². The van der Waals surface area contributed by atoms with Gasteiger partial charge in [-0.1, -0.05) is 40.3 Å². The highest BCUT2D eigenvalue weighted by Gasteiger charge is 2.62. The maximum atomic E-state index is 13.3. The summed E-state index contributed by atoms with van der Waals surface area (Å²) in [6.07, 6.45) is 0.415. The summed E-state index contributed by atoms with van der Waals surface area (Å²) in [5.74, 6) is -0.527. The Balaban J connectivity index is 2.64. The molecule has 2 atom stereocenters. The first-order valence-electron chi connectivity index (χ1n) is 7.32. The number of benzene rings is 1. The summed E-state index contributed by atoms with van der Waals surface area (Å²) in [5, 5.41) is 0. The Morgan fingerprint density at radius 1 is 1.26 bits per heavy atom. The van der Waals surface area contributed by atoms with E-state index in [-0.39, 0.29) is 8.82 Å². The van der Waals surface area contributed by atoms with Gasteiger partial charge >= 0.3 is 5.97 Å². The summed E-state index contributed by atoms with van der Waals surface area (Å²) in [7, 11) is -2.54. The summed E-state index contributed by atoms with van der Waals surface area (Å²) in [5.41, 5.74) is -0.937. The average Bonchev–Trinajstić information content (AvgIpc) is 2.65. The van der Waals surface area contributed by atoms with Crippen molar-refractivity contribution in [1.82, 2.24) is 4.31 Å². The third kappa shape index (κ3) is 2.91. The van der Waals surface area contributed by atoms with Crippen LogP contribution in [-0.4, -0.2) is 40.8 Å². The minimum atomic E-state index is -3.83. The minimum Gasteiger partial charge on any atom is -0.468 e. The van der Waals surface area contributed by atoms with Crippen molar-refractivity contribution in [3.63, 3.8) is 0 Å². The second kappa shape index (κ2) is 6.00. The van der Waals surface area contributed by atoms with Gasteiger partial charge in [0.2, 0.25) is 10.0 Å². The lowest BCUT2D eigenvalue weighted by molar-refractivity contribution is -0.151. The second-order valence-electron chi connectivity index (χ2n) is 6.67. The van der Waals surface area contributed by atoms with Crippen LogP contribution in [0.3, 0.4) is 0 Å². The van der Waals surface area contributed by atoms with Gasteiger partial charge < -0.3 is 4.74 Å². The number of nitrogens with zero attached hydrogens (tertiary/aromatic N) is 1. The molecule has 0 radical (unpaired) electrons. The van der Waals surface area contributed by atoms with Gasteiger partial charge in [-0.15, -0.1) is 0 Å². The quantitative estimate of drug-likeness (QED) is 0.403. The Labute approximate surface area is 151 Å². The number of carbonyl (C=O) groups is 1. The van der Waals surface area contributed by atoms with E-state index in [9.17, 15) is 13.2 Å². The van der Waals surface area contributed by atoms with E-state index in [0.717, 1.165) is 5.56 Å². The van der Waals surface area contributed by atoms with Crippen LogP contribution < -0.4 is 0 Å². The standard InChI is InChI=1S/C16H22INO4S/c1-11-6-8-12(9-7-11)23(20,21)18-15(2,3)13(17)10-16(18,4)14(19)22-5/h6-9,13H,10H2,1-5H3/t13-,16-/m1/s1. The maximum Gasteiger partial charge on any atom is 0.327 e. The van der Waals surface area contributed by atoms with Crippen LogP contribution in [0.2, 0.25) is 0 Å². The normalized spacial score (nSPS) is 27.8. The van der Waals surface area contributed by atoms with Gasteiger partial charge in [-0.25, -0.2) is 8.42 Å². The van der Waals surface area contributed by atoms with E-state index >= 15 is 0 Å². The maximum absolute atomic E-state index is 13.3. The highest BCUT2D eigenvalue weighted by Crippen LogP contribution is 2.48. The molecule has 7 heteroatoms. The van der Waals surface area contributed by atoms with Crippen molar-refractivity contribution in [2.45, 2.75) is 54.0 Å². The molecule has 1 aliphatic heterocycles. The first-order chi connectivity index (χ1) is 10.5. The average molecular weight is 451 g/mol. The molecule has 1 aliphatic rings. The zero-order valence-corrected chi connectivity index (χ0v) is 16.9. The van der Waals surface area contributed by atoms with Crippen molar-refractivity contribution in [2.75, 3.05) is 7.11 Å². The molecule has 0 bridgehead atoms. The third-order valence-electron chi connectivity index (χ3n) is 4.50. The van der Waals surface area contributed by atoms with Gasteiger partial charge in [0.1, 0.15) is 5.54 Å². The molecule has 0 saturated carbocycles. The van der Waals surface area contributed by atoms with Crippen molar-refractivity contribution < 1.29 is 17.9 Å². The van der Waals surface area contributed by atoms with Crippen molar-refractivity contribution in [2.24, 2.45) is 0 Å². The van der Waals surface area contributed by atoms with Crippen molar-refractivity contribution in [3.05, 3.63) is 29.8 Å². The van der Waals surface area contributed by atoms with E-state index in [1.54, 1.807) is 31.2 Å². The van der Waals surface area contributed by atoms with Crippen LogP contribution in [0.25, 0.3) is 0 Å².